The Kier molecular flexibility index (Phi) is 35.2. The van der Waals surface area contributed by atoms with E-state index in [2.05, 4.69) is 59.4 Å². The van der Waals surface area contributed by atoms with Crippen LogP contribution in [0.4, 0.5) is 0 Å². The number of allylic oxidation sites excluding steroid dienone is 6. The Morgan fingerprint density at radius 1 is 0.493 bits per heavy atom. The molecule has 0 spiro atoms. The van der Waals surface area contributed by atoms with Crippen LogP contribution >= 0.6 is 23.5 Å². The minimum absolute atomic E-state index is 0.0201. The van der Waals surface area contributed by atoms with Crippen LogP contribution in [0.25, 0.3) is 0 Å². The number of esters is 2. The van der Waals surface area contributed by atoms with E-state index in [0.29, 0.717) is 12.8 Å². The third-order valence-corrected chi connectivity index (χ3v) is 13.0. The molecule has 1 saturated carbocycles. The second-order valence-corrected chi connectivity index (χ2v) is 20.8. The van der Waals surface area contributed by atoms with Gasteiger partial charge in [0.05, 0.1) is 6.61 Å². The molecule has 1 fully saturated rings. The molecule has 19 nitrogen and oxygen atoms in total. The van der Waals surface area contributed by atoms with Gasteiger partial charge in [-0.15, -0.1) is 0 Å². The molecule has 1 rings (SSSR count). The van der Waals surface area contributed by atoms with Crippen LogP contribution in [0.1, 0.15) is 181 Å². The highest BCUT2D eigenvalue weighted by Crippen LogP contribution is 2.51. The number of hydrogen-bond donors (Lipinski definition) is 8. The molecule has 0 aliphatic heterocycles. The third-order valence-electron chi connectivity index (χ3n) is 11.0. The van der Waals surface area contributed by atoms with Crippen LogP contribution in [0.15, 0.2) is 36.5 Å². The van der Waals surface area contributed by atoms with Crippen LogP contribution in [0, 0.1) is 0 Å². The van der Waals surface area contributed by atoms with Gasteiger partial charge in [-0.1, -0.05) is 159 Å². The van der Waals surface area contributed by atoms with Crippen LogP contribution < -0.4 is 0 Å². The molecule has 0 amide bonds. The average Bonchev–Trinajstić information content (AvgIpc) is 3.25. The summed E-state index contributed by atoms with van der Waals surface area (Å²) in [5, 5.41) is 31.9. The van der Waals surface area contributed by atoms with E-state index in [0.717, 1.165) is 77.0 Å². The van der Waals surface area contributed by atoms with Crippen molar-refractivity contribution in [2.45, 2.75) is 224 Å². The van der Waals surface area contributed by atoms with Gasteiger partial charge in [0.25, 0.3) is 0 Å². The normalized spacial score (nSPS) is 21.9. The summed E-state index contributed by atoms with van der Waals surface area (Å²) >= 11 is 0. The van der Waals surface area contributed by atoms with Gasteiger partial charge in [-0.3, -0.25) is 27.7 Å². The van der Waals surface area contributed by atoms with E-state index >= 15 is 0 Å². The first kappa shape index (κ1) is 63.4. The monoisotopic (exact) mass is 1020 g/mol. The summed E-state index contributed by atoms with van der Waals surface area (Å²) in [4.78, 5) is 73.2. The molecule has 0 heterocycles. The zero-order valence-electron chi connectivity index (χ0n) is 39.7. The maximum absolute atomic E-state index is 13.1. The lowest BCUT2D eigenvalue weighted by atomic mass is 9.85. The highest BCUT2D eigenvalue weighted by molar-refractivity contribution is 7.47. The molecule has 67 heavy (non-hydrogen) atoms. The molecule has 0 aromatic carbocycles. The van der Waals surface area contributed by atoms with Gasteiger partial charge in [0.15, 0.2) is 6.10 Å². The first-order valence-corrected chi connectivity index (χ1v) is 28.8. The quantitative estimate of drug-likeness (QED) is 0.0123. The van der Waals surface area contributed by atoms with E-state index in [1.165, 1.54) is 64.2 Å². The minimum atomic E-state index is -5.60. The Morgan fingerprint density at radius 2 is 0.910 bits per heavy atom. The predicted octanol–water partition coefficient (Wildman–Crippen LogP) is 8.85. The van der Waals surface area contributed by atoms with Crippen molar-refractivity contribution in [3.8, 4) is 0 Å². The fraction of sp³-hybridized carbons (Fsp3) is 0.822. The molecular weight excluding hydrogens is 937 g/mol. The van der Waals surface area contributed by atoms with Crippen molar-refractivity contribution in [2.24, 2.45) is 0 Å². The van der Waals surface area contributed by atoms with Gasteiger partial charge < -0.3 is 49.3 Å². The zero-order chi connectivity index (χ0) is 50.0. The molecule has 22 heteroatoms. The van der Waals surface area contributed by atoms with Crippen molar-refractivity contribution in [2.75, 3.05) is 13.2 Å². The Labute approximate surface area is 398 Å². The molecule has 1 aliphatic rings. The van der Waals surface area contributed by atoms with Crippen molar-refractivity contribution < 1.29 is 90.6 Å². The summed E-state index contributed by atoms with van der Waals surface area (Å²) in [5.74, 6) is -1.31. The summed E-state index contributed by atoms with van der Waals surface area (Å²) in [5.41, 5.74) is 0. The molecule has 0 bridgehead atoms. The molecule has 5 unspecified atom stereocenters. The summed E-state index contributed by atoms with van der Waals surface area (Å²) in [6.07, 6.45) is 21.6. The highest BCUT2D eigenvalue weighted by atomic mass is 31.2. The van der Waals surface area contributed by atoms with Crippen molar-refractivity contribution in [3.63, 3.8) is 0 Å². The topological polar surface area (TPSA) is 303 Å². The lowest BCUT2D eigenvalue weighted by molar-refractivity contribution is -0.213. The first-order chi connectivity index (χ1) is 31.8. The lowest BCUT2D eigenvalue weighted by Gasteiger charge is -2.44. The number of phosphoric ester groups is 3. The number of carbonyl (C=O) groups excluding carboxylic acids is 2. The van der Waals surface area contributed by atoms with Gasteiger partial charge in [0.2, 0.25) is 0 Å². The molecule has 8 atom stereocenters. The Bertz CT molecular complexity index is 1550. The standard InChI is InChI=1S/C45H83O19P3/c1-3-5-7-9-11-13-15-17-19-21-23-25-27-29-31-33-38(46)59-35-37(61-39(47)34-32-30-28-26-24-22-20-18-16-14-12-10-8-6-4-2)36-60-67(57,58)64-43-40(48)41(49)44(62-65(51,52)53)45(42(43)50)63-66(54,55)56/h6,8,12,14,18,20,37,40-45,48-50H,3-5,7,9-11,13,15-17,19,21-36H2,1-2H3,(H,57,58)(H2,51,52,53)(H2,54,55,56)/b8-6-,14-12-,20-18-/t37-,40?,41?,42?,43+,44?,45+/m1/s1. The van der Waals surface area contributed by atoms with Crippen molar-refractivity contribution in [3.05, 3.63) is 36.5 Å². The summed E-state index contributed by atoms with van der Waals surface area (Å²) in [7, 11) is -16.6. The van der Waals surface area contributed by atoms with E-state index in [1.807, 2.05) is 0 Å². The average molecular weight is 1020 g/mol. The van der Waals surface area contributed by atoms with Crippen molar-refractivity contribution >= 4 is 35.4 Å². The number of ether oxygens (including phenoxy) is 2. The van der Waals surface area contributed by atoms with Gasteiger partial charge in [-0.25, -0.2) is 13.7 Å². The summed E-state index contributed by atoms with van der Waals surface area (Å²) in [6, 6.07) is 0. The van der Waals surface area contributed by atoms with Crippen LogP contribution in [-0.4, -0.2) is 108 Å². The number of aliphatic hydroxyl groups is 3. The number of hydrogen-bond acceptors (Lipinski definition) is 14. The molecule has 0 aromatic rings. The van der Waals surface area contributed by atoms with Gasteiger partial charge in [-0.2, -0.15) is 0 Å². The lowest BCUT2D eigenvalue weighted by Crippen LogP contribution is -2.65. The number of aliphatic hydroxyl groups excluding tert-OH is 3. The molecule has 392 valence electrons. The smallest absolute Gasteiger partial charge is 0.462 e. The minimum Gasteiger partial charge on any atom is -0.462 e. The Morgan fingerprint density at radius 3 is 1.40 bits per heavy atom. The molecule has 0 radical (unpaired) electrons. The maximum atomic E-state index is 13.1. The number of rotatable bonds is 41. The van der Waals surface area contributed by atoms with Crippen molar-refractivity contribution in [1.29, 1.82) is 0 Å². The largest absolute Gasteiger partial charge is 0.472 e. The zero-order valence-corrected chi connectivity index (χ0v) is 42.4. The van der Waals surface area contributed by atoms with Crippen LogP contribution in [0.5, 0.6) is 0 Å². The van der Waals surface area contributed by atoms with Gasteiger partial charge in [0, 0.05) is 12.8 Å². The van der Waals surface area contributed by atoms with E-state index < -0.39 is 91.3 Å². The first-order valence-electron chi connectivity index (χ1n) is 24.3. The van der Waals surface area contributed by atoms with E-state index in [1.54, 1.807) is 0 Å². The van der Waals surface area contributed by atoms with Gasteiger partial charge >= 0.3 is 35.4 Å². The molecule has 0 aromatic heterocycles. The number of carbonyl (C=O) groups is 2. The van der Waals surface area contributed by atoms with Crippen LogP contribution in [0.2, 0.25) is 0 Å². The molecular formula is C45H83O19P3. The Balaban J connectivity index is 2.73. The van der Waals surface area contributed by atoms with E-state index in [-0.39, 0.29) is 12.8 Å². The van der Waals surface area contributed by atoms with Crippen LogP contribution in [-0.2, 0) is 50.9 Å². The fourth-order valence-corrected chi connectivity index (χ4v) is 9.46. The van der Waals surface area contributed by atoms with Crippen molar-refractivity contribution in [1.82, 2.24) is 0 Å². The molecule has 1 aliphatic carbocycles. The van der Waals surface area contributed by atoms with Gasteiger partial charge in [0.1, 0.15) is 43.2 Å². The van der Waals surface area contributed by atoms with E-state index in [4.69, 9.17) is 18.5 Å². The SMILES string of the molecule is CC/C=C\C/C=C\C/C=C\CCCCCCCC(=O)O[C@H](COC(=O)CCCCCCCCCCCCCCCCC)COP(=O)(O)O[C@H]1C(O)C(O)C(OP(=O)(O)O)[C@@H](OP(=O)(O)O)C1O. The van der Waals surface area contributed by atoms with Gasteiger partial charge in [-0.05, 0) is 44.9 Å². The summed E-state index contributed by atoms with van der Waals surface area (Å²) < 4.78 is 65.5. The number of unbranched alkanes of at least 4 members (excludes halogenated alkanes) is 19. The van der Waals surface area contributed by atoms with Crippen LogP contribution in [0.3, 0.4) is 0 Å². The summed E-state index contributed by atoms with van der Waals surface area (Å²) in [6.45, 7) is 2.83. The van der Waals surface area contributed by atoms with E-state index in [9.17, 15) is 63.1 Å². The highest BCUT2D eigenvalue weighted by Gasteiger charge is 2.56. The fourth-order valence-electron chi connectivity index (χ4n) is 7.36. The predicted molar refractivity (Wildman–Crippen MR) is 252 cm³/mol. The second-order valence-electron chi connectivity index (χ2n) is 17.0. The molecule has 0 saturated heterocycles. The third kappa shape index (κ3) is 33.6. The second kappa shape index (κ2) is 37.2. The molecule has 8 N–H and O–H groups in total. The Hall–Kier alpha value is -1.63. The maximum Gasteiger partial charge on any atom is 0.472 e. The number of phosphoric acid groups is 3.